The molecule has 0 saturated carbocycles. The molecule has 2 aromatic rings. The summed E-state index contributed by atoms with van der Waals surface area (Å²) in [6, 6.07) is 8.08. The predicted molar refractivity (Wildman–Crippen MR) is 109 cm³/mol. The molecule has 0 spiro atoms. The van der Waals surface area contributed by atoms with Crippen LogP contribution < -0.4 is 10.6 Å². The lowest BCUT2D eigenvalue weighted by Gasteiger charge is -2.21. The fraction of sp³-hybridized carbons (Fsp3) is 0.550. The van der Waals surface area contributed by atoms with E-state index >= 15 is 0 Å². The Morgan fingerprint density at radius 2 is 2.08 bits per heavy atom. The molecule has 2 aromatic heterocycles. The van der Waals surface area contributed by atoms with Gasteiger partial charge < -0.3 is 19.8 Å². The van der Waals surface area contributed by atoms with Crippen LogP contribution in [0.5, 0.6) is 0 Å². The predicted octanol–water partition coefficient (Wildman–Crippen LogP) is 4.07. The second kappa shape index (κ2) is 11.8. The fourth-order valence-electron chi connectivity index (χ4n) is 2.65. The highest BCUT2D eigenvalue weighted by atomic mass is 32.1. The maximum atomic E-state index is 5.82. The van der Waals surface area contributed by atoms with E-state index in [1.54, 1.807) is 17.6 Å². The monoisotopic (exact) mass is 377 g/mol. The lowest BCUT2D eigenvalue weighted by Crippen LogP contribution is -2.40. The van der Waals surface area contributed by atoms with E-state index in [2.05, 4.69) is 42.0 Å². The Bertz CT molecular complexity index is 609. The molecule has 0 radical (unpaired) electrons. The zero-order chi connectivity index (χ0) is 18.6. The van der Waals surface area contributed by atoms with E-state index < -0.39 is 0 Å². The molecule has 144 valence electrons. The molecule has 0 fully saturated rings. The van der Waals surface area contributed by atoms with Crippen LogP contribution in [-0.2, 0) is 17.7 Å². The van der Waals surface area contributed by atoms with Crippen LogP contribution in [0.4, 0.5) is 0 Å². The van der Waals surface area contributed by atoms with Gasteiger partial charge in [-0.3, -0.25) is 0 Å². The van der Waals surface area contributed by atoms with E-state index in [9.17, 15) is 0 Å². The van der Waals surface area contributed by atoms with Crippen molar-refractivity contribution < 1.29 is 9.15 Å². The normalized spacial score (nSPS) is 13.2. The van der Waals surface area contributed by atoms with Gasteiger partial charge in [-0.25, -0.2) is 4.99 Å². The van der Waals surface area contributed by atoms with E-state index in [4.69, 9.17) is 14.1 Å². The molecule has 0 bridgehead atoms. The van der Waals surface area contributed by atoms with Crippen LogP contribution in [0.3, 0.4) is 0 Å². The summed E-state index contributed by atoms with van der Waals surface area (Å²) < 4.78 is 11.2. The molecule has 2 N–H and O–H groups in total. The van der Waals surface area contributed by atoms with Crippen molar-refractivity contribution in [2.75, 3.05) is 19.7 Å². The molecule has 0 amide bonds. The molecule has 5 nitrogen and oxygen atoms in total. The topological polar surface area (TPSA) is 58.8 Å². The molecule has 6 heteroatoms. The lowest BCUT2D eigenvalue weighted by molar-refractivity contribution is 0.0258. The quantitative estimate of drug-likeness (QED) is 0.458. The third kappa shape index (κ3) is 7.62. The molecule has 1 unspecified atom stereocenters. The van der Waals surface area contributed by atoms with Gasteiger partial charge in [0.2, 0.25) is 0 Å². The highest BCUT2D eigenvalue weighted by Gasteiger charge is 2.13. The van der Waals surface area contributed by atoms with Crippen molar-refractivity contribution in [3.8, 4) is 0 Å². The van der Waals surface area contributed by atoms with Crippen LogP contribution in [0.15, 0.2) is 45.3 Å². The number of guanidine groups is 1. The number of nitrogens with zero attached hydrogens (tertiary/aromatic N) is 1. The molecule has 0 aliphatic rings. The summed E-state index contributed by atoms with van der Waals surface area (Å²) in [4.78, 5) is 5.96. The number of thiophene rings is 1. The maximum Gasteiger partial charge on any atom is 0.191 e. The van der Waals surface area contributed by atoms with Crippen molar-refractivity contribution in [3.63, 3.8) is 0 Å². The van der Waals surface area contributed by atoms with Crippen molar-refractivity contribution in [2.45, 2.75) is 46.3 Å². The molecular formula is C20H31N3O2S. The van der Waals surface area contributed by atoms with Crippen LogP contribution in [-0.4, -0.2) is 31.8 Å². The number of ether oxygens (including phenoxy) is 1. The summed E-state index contributed by atoms with van der Waals surface area (Å²) in [6.07, 6.45) is 3.78. The minimum absolute atomic E-state index is 0.272. The molecule has 1 atom stereocenters. The number of furan rings is 1. The number of nitrogens with one attached hydrogen (secondary N) is 2. The first-order chi connectivity index (χ1) is 12.7. The highest BCUT2D eigenvalue weighted by Crippen LogP contribution is 2.11. The maximum absolute atomic E-state index is 5.82. The van der Waals surface area contributed by atoms with Gasteiger partial charge in [-0.15, -0.1) is 11.3 Å². The fourth-order valence-corrected chi connectivity index (χ4v) is 3.28. The smallest absolute Gasteiger partial charge is 0.191 e. The van der Waals surface area contributed by atoms with Gasteiger partial charge >= 0.3 is 0 Å². The van der Waals surface area contributed by atoms with Crippen LogP contribution >= 0.6 is 11.3 Å². The van der Waals surface area contributed by atoms with E-state index in [0.717, 1.165) is 44.3 Å². The Hall–Kier alpha value is -1.79. The second-order valence-corrected chi connectivity index (χ2v) is 7.49. The summed E-state index contributed by atoms with van der Waals surface area (Å²) in [6.45, 7) is 9.51. The summed E-state index contributed by atoms with van der Waals surface area (Å²) in [5, 5.41) is 8.92. The zero-order valence-corrected chi connectivity index (χ0v) is 16.8. The first-order valence-corrected chi connectivity index (χ1v) is 10.3. The number of rotatable bonds is 11. The zero-order valence-electron chi connectivity index (χ0n) is 16.0. The average molecular weight is 378 g/mol. The Labute approximate surface area is 160 Å². The number of hydrogen-bond acceptors (Lipinski definition) is 4. The second-order valence-electron chi connectivity index (χ2n) is 6.45. The molecule has 0 aromatic carbocycles. The van der Waals surface area contributed by atoms with Crippen LogP contribution in [0, 0.1) is 5.92 Å². The Balaban J connectivity index is 1.83. The Morgan fingerprint density at radius 1 is 1.23 bits per heavy atom. The Kier molecular flexibility index (Phi) is 9.28. The van der Waals surface area contributed by atoms with Gasteiger partial charge in [0.1, 0.15) is 5.76 Å². The molecule has 0 aliphatic heterocycles. The molecule has 0 saturated heterocycles. The third-order valence-corrected chi connectivity index (χ3v) is 4.92. The Morgan fingerprint density at radius 3 is 2.73 bits per heavy atom. The van der Waals surface area contributed by atoms with Gasteiger partial charge in [-0.2, -0.15) is 0 Å². The first-order valence-electron chi connectivity index (χ1n) is 9.37. The van der Waals surface area contributed by atoms with Crippen LogP contribution in [0.25, 0.3) is 0 Å². The highest BCUT2D eigenvalue weighted by molar-refractivity contribution is 7.09. The SMILES string of the molecule is CCOC(CCNC(=NCc1cccs1)NCCc1ccco1)C(C)C. The summed E-state index contributed by atoms with van der Waals surface area (Å²) >= 11 is 1.73. The average Bonchev–Trinajstić information content (AvgIpc) is 3.32. The summed E-state index contributed by atoms with van der Waals surface area (Å²) in [5.41, 5.74) is 0. The van der Waals surface area contributed by atoms with Gasteiger partial charge in [-0.05, 0) is 42.8 Å². The third-order valence-electron chi connectivity index (χ3n) is 4.06. The standard InChI is InChI=1S/C20H31N3O2S/c1-4-24-19(16(2)3)10-12-22-20(23-15-18-8-6-14-26-18)21-11-9-17-7-5-13-25-17/h5-8,13-14,16,19H,4,9-12,15H2,1-3H3,(H2,21,22,23). The molecular weight excluding hydrogens is 346 g/mol. The molecule has 2 heterocycles. The van der Waals surface area contributed by atoms with Crippen molar-refractivity contribution in [3.05, 3.63) is 46.5 Å². The first kappa shape index (κ1) is 20.5. The van der Waals surface area contributed by atoms with Gasteiger partial charge in [-0.1, -0.05) is 19.9 Å². The van der Waals surface area contributed by atoms with Crippen LogP contribution in [0.2, 0.25) is 0 Å². The van der Waals surface area contributed by atoms with Gasteiger partial charge in [0, 0.05) is 31.0 Å². The van der Waals surface area contributed by atoms with Crippen molar-refractivity contribution in [2.24, 2.45) is 10.9 Å². The van der Waals surface area contributed by atoms with E-state index in [0.29, 0.717) is 12.5 Å². The molecule has 0 aliphatic carbocycles. The molecule has 2 rings (SSSR count). The summed E-state index contributed by atoms with van der Waals surface area (Å²) in [5.74, 6) is 2.32. The van der Waals surface area contributed by atoms with E-state index in [-0.39, 0.29) is 6.10 Å². The van der Waals surface area contributed by atoms with Gasteiger partial charge in [0.05, 0.1) is 18.9 Å². The largest absolute Gasteiger partial charge is 0.469 e. The van der Waals surface area contributed by atoms with E-state index in [1.165, 1.54) is 4.88 Å². The van der Waals surface area contributed by atoms with Crippen molar-refractivity contribution in [1.29, 1.82) is 0 Å². The number of aliphatic imine (C=N–C) groups is 1. The van der Waals surface area contributed by atoms with Gasteiger partial charge in [0.15, 0.2) is 5.96 Å². The molecule has 26 heavy (non-hydrogen) atoms. The van der Waals surface area contributed by atoms with Gasteiger partial charge in [0.25, 0.3) is 0 Å². The summed E-state index contributed by atoms with van der Waals surface area (Å²) in [7, 11) is 0. The lowest BCUT2D eigenvalue weighted by atomic mass is 10.0. The van der Waals surface area contributed by atoms with Crippen molar-refractivity contribution in [1.82, 2.24) is 10.6 Å². The van der Waals surface area contributed by atoms with E-state index in [1.807, 2.05) is 19.1 Å². The van der Waals surface area contributed by atoms with Crippen molar-refractivity contribution >= 4 is 17.3 Å². The van der Waals surface area contributed by atoms with Crippen LogP contribution in [0.1, 0.15) is 37.8 Å². The minimum Gasteiger partial charge on any atom is -0.469 e. The minimum atomic E-state index is 0.272. The number of hydrogen-bond donors (Lipinski definition) is 2.